The summed E-state index contributed by atoms with van der Waals surface area (Å²) in [5.41, 5.74) is 0. The molecule has 0 radical (unpaired) electrons. The van der Waals surface area contributed by atoms with Crippen molar-refractivity contribution in [1.29, 1.82) is 0 Å². The zero-order chi connectivity index (χ0) is 22.4. The summed E-state index contributed by atoms with van der Waals surface area (Å²) in [4.78, 5) is 4.96. The molecule has 0 saturated heterocycles. The molecule has 1 aromatic carbocycles. The maximum atomic E-state index is 6.22. The Balaban J connectivity index is 2.25. The number of hydrogen-bond donors (Lipinski definition) is 0. The zero-order valence-corrected chi connectivity index (χ0v) is 20.6. The zero-order valence-electron chi connectivity index (χ0n) is 16.1. The number of nitrogens with zero attached hydrogens (tertiary/aromatic N) is 1. The van der Waals surface area contributed by atoms with Crippen LogP contribution >= 0.6 is 69.6 Å². The van der Waals surface area contributed by atoms with Gasteiger partial charge in [0, 0.05) is 19.1 Å². The minimum absolute atomic E-state index is 0.123. The van der Waals surface area contributed by atoms with Crippen LogP contribution in [0.15, 0.2) is 38.4 Å². The highest BCUT2D eigenvalue weighted by Crippen LogP contribution is 2.37. The molecule has 0 aromatic heterocycles. The second-order valence-electron chi connectivity index (χ2n) is 5.68. The summed E-state index contributed by atoms with van der Waals surface area (Å²) >= 11 is 34.4. The van der Waals surface area contributed by atoms with Gasteiger partial charge >= 0.3 is 0 Å². The summed E-state index contributed by atoms with van der Waals surface area (Å²) in [5, 5.41) is 4.50. The minimum atomic E-state index is 0.123. The predicted molar refractivity (Wildman–Crippen MR) is 126 cm³/mol. The third-order valence-electron chi connectivity index (χ3n) is 3.31. The van der Waals surface area contributed by atoms with Gasteiger partial charge in [-0.3, -0.25) is 0 Å². The van der Waals surface area contributed by atoms with Crippen molar-refractivity contribution in [3.05, 3.63) is 43.3 Å². The Labute approximate surface area is 206 Å². The SMILES string of the molecule is CC(=NOCC=C(Cl)Cl)OCCCCCOc1c(Cl)cc(OCC=C(Cl)Cl)cc1Cl. The fourth-order valence-corrected chi connectivity index (χ4v) is 2.82. The van der Waals surface area contributed by atoms with Gasteiger partial charge in [0.15, 0.2) is 5.75 Å². The molecule has 0 spiro atoms. The average Bonchev–Trinajstić information content (AvgIpc) is 2.65. The summed E-state index contributed by atoms with van der Waals surface area (Å²) in [6.07, 6.45) is 5.51. The molecule has 0 amide bonds. The lowest BCUT2D eigenvalue weighted by Crippen LogP contribution is -2.04. The lowest BCUT2D eigenvalue weighted by atomic mass is 10.2. The molecule has 11 heteroatoms. The maximum Gasteiger partial charge on any atom is 0.222 e. The van der Waals surface area contributed by atoms with Crippen molar-refractivity contribution in [2.75, 3.05) is 26.4 Å². The average molecular weight is 540 g/mol. The second-order valence-corrected chi connectivity index (χ2v) is 8.51. The van der Waals surface area contributed by atoms with Gasteiger partial charge in [-0.1, -0.05) is 74.8 Å². The number of halogens is 6. The van der Waals surface area contributed by atoms with E-state index in [4.69, 9.17) is 88.7 Å². The van der Waals surface area contributed by atoms with Crippen LogP contribution in [-0.4, -0.2) is 32.3 Å². The number of unbranched alkanes of at least 4 members (excludes halogenated alkanes) is 2. The Hall–Kier alpha value is -0.690. The molecule has 1 aromatic rings. The van der Waals surface area contributed by atoms with Crippen LogP contribution in [-0.2, 0) is 9.57 Å². The van der Waals surface area contributed by atoms with Gasteiger partial charge in [0.05, 0.1) is 23.3 Å². The van der Waals surface area contributed by atoms with E-state index in [1.807, 2.05) is 0 Å². The number of oxime groups is 1. The van der Waals surface area contributed by atoms with E-state index in [9.17, 15) is 0 Å². The van der Waals surface area contributed by atoms with E-state index in [0.717, 1.165) is 19.3 Å². The maximum absolute atomic E-state index is 6.22. The molecule has 0 aliphatic rings. The van der Waals surface area contributed by atoms with Crippen LogP contribution in [0.4, 0.5) is 0 Å². The fraction of sp³-hybridized carbons (Fsp3) is 0.421. The first-order valence-corrected chi connectivity index (χ1v) is 11.1. The number of rotatable bonds is 13. The largest absolute Gasteiger partial charge is 0.490 e. The molecule has 5 nitrogen and oxygen atoms in total. The van der Waals surface area contributed by atoms with Crippen molar-refractivity contribution in [3.8, 4) is 11.5 Å². The quantitative estimate of drug-likeness (QED) is 0.110. The van der Waals surface area contributed by atoms with Crippen LogP contribution in [0.2, 0.25) is 10.0 Å². The van der Waals surface area contributed by atoms with Crippen LogP contribution in [0.5, 0.6) is 11.5 Å². The Morgan fingerprint density at radius 3 is 2.10 bits per heavy atom. The van der Waals surface area contributed by atoms with Crippen LogP contribution in [0.3, 0.4) is 0 Å². The number of benzene rings is 1. The fourth-order valence-electron chi connectivity index (χ4n) is 1.99. The third-order valence-corrected chi connectivity index (χ3v) is 4.49. The highest BCUT2D eigenvalue weighted by Gasteiger charge is 2.10. The third kappa shape index (κ3) is 12.9. The molecular weight excluding hydrogens is 519 g/mol. The molecule has 30 heavy (non-hydrogen) atoms. The molecule has 0 fully saturated rings. The predicted octanol–water partition coefficient (Wildman–Crippen LogP) is 7.93. The topological polar surface area (TPSA) is 49.3 Å². The summed E-state index contributed by atoms with van der Waals surface area (Å²) in [6.45, 7) is 3.06. The lowest BCUT2D eigenvalue weighted by molar-refractivity contribution is 0.157. The summed E-state index contributed by atoms with van der Waals surface area (Å²) in [7, 11) is 0. The van der Waals surface area contributed by atoms with E-state index >= 15 is 0 Å². The van der Waals surface area contributed by atoms with E-state index in [0.29, 0.717) is 40.7 Å². The lowest BCUT2D eigenvalue weighted by Gasteiger charge is -2.12. The van der Waals surface area contributed by atoms with Crippen molar-refractivity contribution in [1.82, 2.24) is 0 Å². The van der Waals surface area contributed by atoms with Crippen molar-refractivity contribution in [2.24, 2.45) is 5.16 Å². The Morgan fingerprint density at radius 1 is 0.867 bits per heavy atom. The Kier molecular flexibility index (Phi) is 14.6. The van der Waals surface area contributed by atoms with Crippen molar-refractivity contribution >= 4 is 75.5 Å². The van der Waals surface area contributed by atoms with Crippen LogP contribution < -0.4 is 9.47 Å². The van der Waals surface area contributed by atoms with Crippen molar-refractivity contribution in [2.45, 2.75) is 26.2 Å². The van der Waals surface area contributed by atoms with Crippen LogP contribution in [0.25, 0.3) is 0 Å². The van der Waals surface area contributed by atoms with E-state index < -0.39 is 0 Å². The van der Waals surface area contributed by atoms with E-state index in [1.165, 1.54) is 12.2 Å². The van der Waals surface area contributed by atoms with Crippen molar-refractivity contribution < 1.29 is 19.0 Å². The standard InChI is InChI=1S/C19H21Cl6NO4/c1-13(26-30-10-6-18(24)25)27-7-3-2-4-8-29-19-15(20)11-14(12-16(19)21)28-9-5-17(22)23/h5-6,11-12H,2-4,7-10H2,1H3. The summed E-state index contributed by atoms with van der Waals surface area (Å²) in [5.74, 6) is 1.33. The van der Waals surface area contributed by atoms with E-state index in [2.05, 4.69) is 5.16 Å². The van der Waals surface area contributed by atoms with Gasteiger partial charge in [-0.2, -0.15) is 0 Å². The first kappa shape index (κ1) is 27.3. The van der Waals surface area contributed by atoms with Crippen LogP contribution in [0.1, 0.15) is 26.2 Å². The molecule has 0 atom stereocenters. The van der Waals surface area contributed by atoms with Gasteiger partial charge in [0.2, 0.25) is 5.90 Å². The normalized spacial score (nSPS) is 11.0. The molecule has 0 aliphatic heterocycles. The molecule has 168 valence electrons. The summed E-state index contributed by atoms with van der Waals surface area (Å²) < 4.78 is 16.8. The molecule has 0 heterocycles. The number of hydrogen-bond acceptors (Lipinski definition) is 5. The molecule has 1 rings (SSSR count). The van der Waals surface area contributed by atoms with Crippen molar-refractivity contribution in [3.63, 3.8) is 0 Å². The Morgan fingerprint density at radius 2 is 1.47 bits per heavy atom. The highest BCUT2D eigenvalue weighted by atomic mass is 35.5. The first-order valence-electron chi connectivity index (χ1n) is 8.86. The molecular formula is C19H21Cl6NO4. The van der Waals surface area contributed by atoms with Gasteiger partial charge in [-0.05, 0) is 31.4 Å². The molecule has 0 N–H and O–H groups in total. The second kappa shape index (κ2) is 16.0. The van der Waals surface area contributed by atoms with Gasteiger partial charge in [0.1, 0.15) is 27.9 Å². The summed E-state index contributed by atoms with van der Waals surface area (Å²) in [6, 6.07) is 3.24. The molecule has 0 bridgehead atoms. The van der Waals surface area contributed by atoms with Gasteiger partial charge in [0.25, 0.3) is 0 Å². The Bertz CT molecular complexity index is 724. The molecule has 0 saturated carbocycles. The van der Waals surface area contributed by atoms with Gasteiger partial charge < -0.3 is 19.0 Å². The van der Waals surface area contributed by atoms with Gasteiger partial charge in [-0.25, -0.2) is 0 Å². The van der Waals surface area contributed by atoms with E-state index in [-0.39, 0.29) is 22.2 Å². The highest BCUT2D eigenvalue weighted by molar-refractivity contribution is 6.56. The monoisotopic (exact) mass is 537 g/mol. The van der Waals surface area contributed by atoms with E-state index in [1.54, 1.807) is 19.1 Å². The smallest absolute Gasteiger partial charge is 0.222 e. The van der Waals surface area contributed by atoms with Gasteiger partial charge in [-0.15, -0.1) is 0 Å². The molecule has 0 aliphatic carbocycles. The van der Waals surface area contributed by atoms with Crippen LogP contribution in [0, 0.1) is 0 Å². The molecule has 0 unspecified atom stereocenters. The number of ether oxygens (including phenoxy) is 3. The minimum Gasteiger partial charge on any atom is -0.490 e. The first-order chi connectivity index (χ1) is 14.3.